The second-order valence-electron chi connectivity index (χ2n) is 7.58. The Morgan fingerprint density at radius 3 is 2.35 bits per heavy atom. The van der Waals surface area contributed by atoms with Crippen LogP contribution in [0.25, 0.3) is 0 Å². The van der Waals surface area contributed by atoms with Gasteiger partial charge in [0.25, 0.3) is 5.69 Å². The molecule has 1 fully saturated rings. The highest BCUT2D eigenvalue weighted by Gasteiger charge is 2.47. The Hall–Kier alpha value is -3.33. The number of rotatable bonds is 8. The van der Waals surface area contributed by atoms with Crippen molar-refractivity contribution in [3.05, 3.63) is 86.0 Å². The van der Waals surface area contributed by atoms with Crippen LogP contribution in [-0.4, -0.2) is 39.9 Å². The normalized spacial score (nSPS) is 21.4. The van der Waals surface area contributed by atoms with Crippen molar-refractivity contribution >= 4 is 11.7 Å². The number of nitrogens with zero attached hydrogens (tertiary/aromatic N) is 3. The topological polar surface area (TPSA) is 116 Å². The van der Waals surface area contributed by atoms with E-state index in [2.05, 4.69) is 0 Å². The lowest BCUT2D eigenvalue weighted by molar-refractivity contribution is -0.545. The fraction of sp³-hybridized carbons (Fsp3) is 0.409. The number of likely N-dealkylation sites (tertiary alicyclic amines) is 1. The first-order valence-electron chi connectivity index (χ1n) is 10.2. The molecule has 0 bridgehead atoms. The number of piperidine rings is 1. The van der Waals surface area contributed by atoms with Gasteiger partial charge in [0.2, 0.25) is 6.04 Å². The number of nitro groups is 2. The molecule has 2 aromatic rings. The molecule has 0 unspecified atom stereocenters. The van der Waals surface area contributed by atoms with Gasteiger partial charge in [-0.15, -0.1) is 0 Å². The molecule has 0 saturated carbocycles. The maximum Gasteiger partial charge on any atom is 0.306 e. The minimum atomic E-state index is -1.04. The van der Waals surface area contributed by atoms with Crippen LogP contribution in [0.15, 0.2) is 54.6 Å². The number of benzene rings is 2. The molecule has 3 rings (SSSR count). The molecule has 0 N–H and O–H groups in total. The summed E-state index contributed by atoms with van der Waals surface area (Å²) in [4.78, 5) is 36.5. The van der Waals surface area contributed by atoms with E-state index in [1.54, 1.807) is 19.1 Å². The van der Waals surface area contributed by atoms with Gasteiger partial charge in [0.15, 0.2) is 0 Å². The van der Waals surface area contributed by atoms with Crippen molar-refractivity contribution in [2.75, 3.05) is 13.2 Å². The fourth-order valence-corrected chi connectivity index (χ4v) is 4.26. The molecule has 0 spiro atoms. The van der Waals surface area contributed by atoms with Gasteiger partial charge < -0.3 is 4.74 Å². The molecule has 2 aromatic carbocycles. The zero-order valence-corrected chi connectivity index (χ0v) is 17.3. The summed E-state index contributed by atoms with van der Waals surface area (Å²) in [6, 6.07) is 13.9. The monoisotopic (exact) mass is 427 g/mol. The van der Waals surface area contributed by atoms with Crippen LogP contribution in [0.2, 0.25) is 0 Å². The van der Waals surface area contributed by atoms with Crippen LogP contribution in [0.1, 0.15) is 36.9 Å². The summed E-state index contributed by atoms with van der Waals surface area (Å²) in [5.74, 6) is -0.931. The van der Waals surface area contributed by atoms with E-state index in [-0.39, 0.29) is 23.6 Å². The number of carbonyl (C=O) groups is 1. The minimum Gasteiger partial charge on any atom is -0.466 e. The van der Waals surface area contributed by atoms with E-state index in [4.69, 9.17) is 4.74 Å². The molecule has 164 valence electrons. The highest BCUT2D eigenvalue weighted by molar-refractivity contribution is 5.69. The van der Waals surface area contributed by atoms with Gasteiger partial charge in [-0.2, -0.15) is 0 Å². The highest BCUT2D eigenvalue weighted by Crippen LogP contribution is 2.39. The standard InChI is InChI=1S/C22H25N3O6/c1-2-31-20(26)14-18-12-13-23(15-16-6-4-3-5-7-16)21(22(18)25(29)30)17-8-10-19(11-9-17)24(27)28/h3-11,18,21-22H,2,12-15H2,1H3/t18-,21-,22+/m1/s1. The Morgan fingerprint density at radius 1 is 1.10 bits per heavy atom. The van der Waals surface area contributed by atoms with E-state index in [9.17, 15) is 25.0 Å². The zero-order chi connectivity index (χ0) is 22.4. The summed E-state index contributed by atoms with van der Waals surface area (Å²) >= 11 is 0. The van der Waals surface area contributed by atoms with Gasteiger partial charge in [-0.1, -0.05) is 42.5 Å². The maximum absolute atomic E-state index is 12.2. The van der Waals surface area contributed by atoms with E-state index in [1.165, 1.54) is 12.1 Å². The summed E-state index contributed by atoms with van der Waals surface area (Å²) in [5.41, 5.74) is 1.56. The molecule has 0 aliphatic carbocycles. The molecule has 0 amide bonds. The van der Waals surface area contributed by atoms with E-state index in [0.29, 0.717) is 25.1 Å². The van der Waals surface area contributed by atoms with Crippen LogP contribution < -0.4 is 0 Å². The Balaban J connectivity index is 1.96. The maximum atomic E-state index is 12.2. The second-order valence-corrected chi connectivity index (χ2v) is 7.58. The first-order valence-corrected chi connectivity index (χ1v) is 10.2. The Labute approximate surface area is 179 Å². The van der Waals surface area contributed by atoms with Crippen LogP contribution in [0, 0.1) is 26.1 Å². The van der Waals surface area contributed by atoms with Crippen molar-refractivity contribution in [2.45, 2.75) is 38.4 Å². The molecule has 1 aliphatic rings. The number of esters is 1. The summed E-state index contributed by atoms with van der Waals surface area (Å²) in [7, 11) is 0. The van der Waals surface area contributed by atoms with Gasteiger partial charge in [0.05, 0.1) is 18.0 Å². The summed E-state index contributed by atoms with van der Waals surface area (Å²) < 4.78 is 5.03. The molecule has 0 aromatic heterocycles. The average molecular weight is 427 g/mol. The van der Waals surface area contributed by atoms with Gasteiger partial charge >= 0.3 is 5.97 Å². The Morgan fingerprint density at radius 2 is 1.77 bits per heavy atom. The van der Waals surface area contributed by atoms with Crippen LogP contribution in [0.4, 0.5) is 5.69 Å². The van der Waals surface area contributed by atoms with Crippen LogP contribution >= 0.6 is 0 Å². The molecule has 9 heteroatoms. The van der Waals surface area contributed by atoms with Crippen LogP contribution in [0.5, 0.6) is 0 Å². The summed E-state index contributed by atoms with van der Waals surface area (Å²) in [6.07, 6.45) is 0.461. The van der Waals surface area contributed by atoms with Gasteiger partial charge in [-0.3, -0.25) is 29.9 Å². The predicted molar refractivity (Wildman–Crippen MR) is 113 cm³/mol. The van der Waals surface area contributed by atoms with E-state index in [0.717, 1.165) is 5.56 Å². The number of non-ortho nitro benzene ring substituents is 1. The molecule has 0 radical (unpaired) electrons. The molecule has 3 atom stereocenters. The van der Waals surface area contributed by atoms with Crippen molar-refractivity contribution in [3.8, 4) is 0 Å². The largest absolute Gasteiger partial charge is 0.466 e. The van der Waals surface area contributed by atoms with Crippen molar-refractivity contribution in [1.29, 1.82) is 0 Å². The quantitative estimate of drug-likeness (QED) is 0.358. The third-order valence-corrected chi connectivity index (χ3v) is 5.64. The van der Waals surface area contributed by atoms with E-state index < -0.39 is 28.9 Å². The first-order chi connectivity index (χ1) is 14.9. The number of carbonyl (C=O) groups excluding carboxylic acids is 1. The van der Waals surface area contributed by atoms with Crippen molar-refractivity contribution in [2.24, 2.45) is 5.92 Å². The van der Waals surface area contributed by atoms with Gasteiger partial charge in [0, 0.05) is 29.5 Å². The molecule has 1 saturated heterocycles. The van der Waals surface area contributed by atoms with E-state index >= 15 is 0 Å². The highest BCUT2D eigenvalue weighted by atomic mass is 16.6. The van der Waals surface area contributed by atoms with Crippen LogP contribution in [0.3, 0.4) is 0 Å². The lowest BCUT2D eigenvalue weighted by Gasteiger charge is -2.41. The smallest absolute Gasteiger partial charge is 0.306 e. The minimum absolute atomic E-state index is 0.0256. The van der Waals surface area contributed by atoms with Crippen LogP contribution in [-0.2, 0) is 16.1 Å². The lowest BCUT2D eigenvalue weighted by atomic mass is 9.80. The third-order valence-electron chi connectivity index (χ3n) is 5.64. The van der Waals surface area contributed by atoms with Gasteiger partial charge in [-0.25, -0.2) is 0 Å². The molecule has 9 nitrogen and oxygen atoms in total. The summed E-state index contributed by atoms with van der Waals surface area (Å²) in [5, 5.41) is 23.2. The first kappa shape index (κ1) is 22.4. The average Bonchev–Trinajstić information content (AvgIpc) is 2.75. The number of nitro benzene ring substituents is 1. The van der Waals surface area contributed by atoms with Gasteiger partial charge in [0.1, 0.15) is 6.04 Å². The molecular formula is C22H25N3O6. The number of ether oxygens (including phenoxy) is 1. The number of hydrogen-bond acceptors (Lipinski definition) is 7. The molecule has 31 heavy (non-hydrogen) atoms. The predicted octanol–water partition coefficient (Wildman–Crippen LogP) is 3.76. The van der Waals surface area contributed by atoms with E-state index in [1.807, 2.05) is 35.2 Å². The van der Waals surface area contributed by atoms with Crippen molar-refractivity contribution in [1.82, 2.24) is 4.90 Å². The molecule has 1 heterocycles. The second kappa shape index (κ2) is 10.1. The molecular weight excluding hydrogens is 402 g/mol. The zero-order valence-electron chi connectivity index (χ0n) is 17.3. The Kier molecular flexibility index (Phi) is 7.30. The number of hydrogen-bond donors (Lipinski definition) is 0. The van der Waals surface area contributed by atoms with Crippen molar-refractivity contribution < 1.29 is 19.4 Å². The Bertz CT molecular complexity index is 919. The fourth-order valence-electron chi connectivity index (χ4n) is 4.26. The lowest BCUT2D eigenvalue weighted by Crippen LogP contribution is -2.50. The van der Waals surface area contributed by atoms with Crippen molar-refractivity contribution in [3.63, 3.8) is 0 Å². The molecule has 1 aliphatic heterocycles. The van der Waals surface area contributed by atoms with Gasteiger partial charge in [-0.05, 0) is 31.0 Å². The SMILES string of the molecule is CCOC(=O)C[C@H]1CCN(Cc2ccccc2)[C@H](c2ccc([N+](=O)[O-])cc2)[C@H]1[N+](=O)[O-]. The summed E-state index contributed by atoms with van der Waals surface area (Å²) in [6.45, 7) is 2.98. The third kappa shape index (κ3) is 5.43.